The summed E-state index contributed by atoms with van der Waals surface area (Å²) in [6, 6.07) is 6.36. The van der Waals surface area contributed by atoms with E-state index >= 15 is 0 Å². The maximum absolute atomic E-state index is 11.7. The summed E-state index contributed by atoms with van der Waals surface area (Å²) in [7, 11) is 0. The minimum atomic E-state index is -0.000276. The van der Waals surface area contributed by atoms with Crippen molar-refractivity contribution < 1.29 is 14.3 Å². The van der Waals surface area contributed by atoms with Gasteiger partial charge in [0, 0.05) is 24.3 Å². The molecule has 7 heteroatoms. The Bertz CT molecular complexity index is 934. The van der Waals surface area contributed by atoms with Gasteiger partial charge in [0.2, 0.25) is 17.7 Å². The van der Waals surface area contributed by atoms with Crippen molar-refractivity contribution >= 4 is 17.5 Å². The highest BCUT2D eigenvalue weighted by Gasteiger charge is 2.24. The number of amides is 1. The lowest BCUT2D eigenvalue weighted by Gasteiger charge is -2.27. The summed E-state index contributed by atoms with van der Waals surface area (Å²) in [6.07, 6.45) is 7.85. The fourth-order valence-corrected chi connectivity index (χ4v) is 4.47. The molecule has 2 fully saturated rings. The number of benzene rings is 1. The number of aromatic nitrogens is 2. The van der Waals surface area contributed by atoms with Gasteiger partial charge in [0.15, 0.2) is 0 Å². The van der Waals surface area contributed by atoms with Crippen LogP contribution in [0.3, 0.4) is 0 Å². The minimum absolute atomic E-state index is 0.000276. The molecule has 1 saturated heterocycles. The fraction of sp³-hybridized carbons (Fsp3) is 0.522. The molecule has 5 rings (SSSR count). The third-order valence-electron chi connectivity index (χ3n) is 6.31. The zero-order valence-corrected chi connectivity index (χ0v) is 17.3. The average molecular weight is 409 g/mol. The summed E-state index contributed by atoms with van der Waals surface area (Å²) in [5.41, 5.74) is 3.66. The van der Waals surface area contributed by atoms with Gasteiger partial charge >= 0.3 is 0 Å². The van der Waals surface area contributed by atoms with E-state index in [0.29, 0.717) is 37.5 Å². The molecule has 1 aromatic carbocycles. The molecule has 2 aromatic rings. The van der Waals surface area contributed by atoms with Crippen molar-refractivity contribution in [3.05, 3.63) is 30.0 Å². The van der Waals surface area contributed by atoms with E-state index in [2.05, 4.69) is 22.5 Å². The van der Waals surface area contributed by atoms with Gasteiger partial charge < -0.3 is 20.1 Å². The van der Waals surface area contributed by atoms with Gasteiger partial charge in [0.05, 0.1) is 25.2 Å². The van der Waals surface area contributed by atoms with Crippen molar-refractivity contribution in [1.82, 2.24) is 9.97 Å². The Morgan fingerprint density at radius 2 is 2.07 bits per heavy atom. The van der Waals surface area contributed by atoms with Crippen LogP contribution in [-0.2, 0) is 16.0 Å². The van der Waals surface area contributed by atoms with Crippen molar-refractivity contribution in [2.45, 2.75) is 57.6 Å². The fourth-order valence-electron chi connectivity index (χ4n) is 4.47. The van der Waals surface area contributed by atoms with E-state index in [9.17, 15) is 4.79 Å². The van der Waals surface area contributed by atoms with Crippen LogP contribution in [0, 0.1) is 5.92 Å². The number of carbonyl (C=O) groups is 1. The van der Waals surface area contributed by atoms with E-state index in [4.69, 9.17) is 14.5 Å². The van der Waals surface area contributed by atoms with Gasteiger partial charge in [-0.05, 0) is 54.9 Å². The first-order chi connectivity index (χ1) is 14.6. The van der Waals surface area contributed by atoms with Gasteiger partial charge in [-0.1, -0.05) is 13.0 Å². The topological polar surface area (TPSA) is 85.4 Å². The van der Waals surface area contributed by atoms with Crippen molar-refractivity contribution in [2.24, 2.45) is 5.92 Å². The number of anilines is 2. The van der Waals surface area contributed by atoms with E-state index in [-0.39, 0.29) is 12.0 Å². The quantitative estimate of drug-likeness (QED) is 0.783. The van der Waals surface area contributed by atoms with Crippen molar-refractivity contribution in [3.8, 4) is 17.0 Å². The number of carbonyl (C=O) groups excluding carboxylic acids is 1. The number of hydrogen-bond donors (Lipinski definition) is 2. The number of rotatable bonds is 5. The Morgan fingerprint density at radius 1 is 1.20 bits per heavy atom. The maximum Gasteiger partial charge on any atom is 0.228 e. The zero-order valence-electron chi connectivity index (χ0n) is 17.3. The standard InChI is InChI=1S/C23H28N4O3/c1-14-2-5-17(6-3-14)25-23-24-12-19(22(27-23)30-18-8-9-29-13-18)15-4-7-20-16(10-15)11-21(28)26-20/h4,7,10,12,14,17-18H,2-3,5-6,8-9,11,13H2,1H3,(H,26,28)(H,24,25,27). The highest BCUT2D eigenvalue weighted by molar-refractivity contribution is 5.99. The number of hydrogen-bond acceptors (Lipinski definition) is 6. The van der Waals surface area contributed by atoms with Gasteiger partial charge in [-0.25, -0.2) is 4.98 Å². The Kier molecular flexibility index (Phi) is 5.29. The Balaban J connectivity index is 1.42. The third kappa shape index (κ3) is 4.12. The summed E-state index contributed by atoms with van der Waals surface area (Å²) >= 11 is 0. The van der Waals surface area contributed by atoms with Gasteiger partial charge in [-0.15, -0.1) is 0 Å². The van der Waals surface area contributed by atoms with E-state index in [1.807, 2.05) is 24.4 Å². The second-order valence-electron chi connectivity index (χ2n) is 8.71. The summed E-state index contributed by atoms with van der Waals surface area (Å²) in [6.45, 7) is 3.61. The largest absolute Gasteiger partial charge is 0.471 e. The highest BCUT2D eigenvalue weighted by Crippen LogP contribution is 2.35. The molecule has 3 aliphatic rings. The molecule has 0 radical (unpaired) electrons. The van der Waals surface area contributed by atoms with Gasteiger partial charge in [0.25, 0.3) is 0 Å². The third-order valence-corrected chi connectivity index (χ3v) is 6.31. The lowest BCUT2D eigenvalue weighted by atomic mass is 9.87. The summed E-state index contributed by atoms with van der Waals surface area (Å²) in [4.78, 5) is 21.1. The second kappa shape index (κ2) is 8.22. The van der Waals surface area contributed by atoms with Crippen LogP contribution < -0.4 is 15.4 Å². The average Bonchev–Trinajstić information content (AvgIpc) is 3.38. The molecular weight excluding hydrogens is 380 g/mol. The number of nitrogens with one attached hydrogen (secondary N) is 2. The van der Waals surface area contributed by atoms with Crippen LogP contribution >= 0.6 is 0 Å². The van der Waals surface area contributed by atoms with Crippen molar-refractivity contribution in [1.29, 1.82) is 0 Å². The monoisotopic (exact) mass is 408 g/mol. The van der Waals surface area contributed by atoms with Crippen LogP contribution in [-0.4, -0.2) is 41.2 Å². The molecule has 0 spiro atoms. The lowest BCUT2D eigenvalue weighted by Crippen LogP contribution is -2.26. The smallest absolute Gasteiger partial charge is 0.228 e. The molecule has 30 heavy (non-hydrogen) atoms. The van der Waals surface area contributed by atoms with Crippen LogP contribution in [0.15, 0.2) is 24.4 Å². The van der Waals surface area contributed by atoms with Crippen LogP contribution in [0.2, 0.25) is 0 Å². The Labute approximate surface area is 176 Å². The number of fused-ring (bicyclic) bond motifs is 1. The number of ether oxygens (including phenoxy) is 2. The molecule has 1 aromatic heterocycles. The molecule has 0 bridgehead atoms. The molecule has 1 aliphatic carbocycles. The minimum Gasteiger partial charge on any atom is -0.471 e. The summed E-state index contributed by atoms with van der Waals surface area (Å²) in [5.74, 6) is 2.02. The van der Waals surface area contributed by atoms with Crippen LogP contribution in [0.4, 0.5) is 11.6 Å². The van der Waals surface area contributed by atoms with Gasteiger partial charge in [0.1, 0.15) is 6.10 Å². The molecule has 2 N–H and O–H groups in total. The van der Waals surface area contributed by atoms with E-state index in [0.717, 1.165) is 47.6 Å². The first-order valence-electron chi connectivity index (χ1n) is 10.9. The molecule has 7 nitrogen and oxygen atoms in total. The zero-order chi connectivity index (χ0) is 20.5. The molecule has 1 amide bonds. The molecule has 1 saturated carbocycles. The Morgan fingerprint density at radius 3 is 2.87 bits per heavy atom. The maximum atomic E-state index is 11.7. The molecular formula is C23H28N4O3. The van der Waals surface area contributed by atoms with Gasteiger partial charge in [-0.2, -0.15) is 4.98 Å². The predicted molar refractivity (Wildman–Crippen MR) is 115 cm³/mol. The first kappa shape index (κ1) is 19.3. The Hall–Kier alpha value is -2.67. The number of nitrogens with zero attached hydrogens (tertiary/aromatic N) is 2. The van der Waals surface area contributed by atoms with Crippen LogP contribution in [0.25, 0.3) is 11.1 Å². The van der Waals surface area contributed by atoms with Crippen LogP contribution in [0.5, 0.6) is 5.88 Å². The molecule has 1 unspecified atom stereocenters. The lowest BCUT2D eigenvalue weighted by molar-refractivity contribution is -0.115. The highest BCUT2D eigenvalue weighted by atomic mass is 16.5. The summed E-state index contributed by atoms with van der Waals surface area (Å²) < 4.78 is 11.7. The van der Waals surface area contributed by atoms with E-state index in [1.54, 1.807) is 0 Å². The van der Waals surface area contributed by atoms with Crippen molar-refractivity contribution in [3.63, 3.8) is 0 Å². The van der Waals surface area contributed by atoms with Crippen LogP contribution in [0.1, 0.15) is 44.6 Å². The first-order valence-corrected chi connectivity index (χ1v) is 10.9. The normalized spacial score (nSPS) is 25.6. The molecule has 3 heterocycles. The molecule has 1 atom stereocenters. The molecule has 158 valence electrons. The van der Waals surface area contributed by atoms with E-state index in [1.165, 1.54) is 12.8 Å². The van der Waals surface area contributed by atoms with Gasteiger partial charge in [-0.3, -0.25) is 4.79 Å². The van der Waals surface area contributed by atoms with E-state index < -0.39 is 0 Å². The summed E-state index contributed by atoms with van der Waals surface area (Å²) in [5, 5.41) is 6.38. The second-order valence-corrected chi connectivity index (χ2v) is 8.71. The predicted octanol–water partition coefficient (Wildman–Crippen LogP) is 3.80. The SMILES string of the molecule is CC1CCC(Nc2ncc(-c3ccc4c(c3)CC(=O)N4)c(OC3CCOC3)n2)CC1. The molecule has 2 aliphatic heterocycles. The van der Waals surface area contributed by atoms with Crippen molar-refractivity contribution in [2.75, 3.05) is 23.8 Å².